The first kappa shape index (κ1) is 21.8. The summed E-state index contributed by atoms with van der Waals surface area (Å²) in [6.07, 6.45) is 2.34. The predicted molar refractivity (Wildman–Crippen MR) is 121 cm³/mol. The van der Waals surface area contributed by atoms with E-state index >= 15 is 0 Å². The van der Waals surface area contributed by atoms with Crippen LogP contribution in [-0.2, 0) is 4.74 Å². The van der Waals surface area contributed by atoms with Crippen LogP contribution in [0.2, 0.25) is 5.02 Å². The van der Waals surface area contributed by atoms with Gasteiger partial charge in [0.05, 0.1) is 37.8 Å². The van der Waals surface area contributed by atoms with E-state index in [1.807, 2.05) is 12.1 Å². The van der Waals surface area contributed by atoms with E-state index in [1.54, 1.807) is 19.2 Å². The van der Waals surface area contributed by atoms with Gasteiger partial charge in [0.1, 0.15) is 6.33 Å². The summed E-state index contributed by atoms with van der Waals surface area (Å²) in [4.78, 5) is 11.1. The summed E-state index contributed by atoms with van der Waals surface area (Å²) in [6.45, 7) is 5.16. The number of methoxy groups -OCH3 is 1. The van der Waals surface area contributed by atoms with Crippen molar-refractivity contribution in [1.82, 2.24) is 14.9 Å². The number of nitrogens with zero attached hydrogens (tertiary/aromatic N) is 3. The minimum absolute atomic E-state index is 0.108. The Morgan fingerprint density at radius 1 is 1.03 bits per heavy atom. The zero-order chi connectivity index (χ0) is 22.6. The van der Waals surface area contributed by atoms with Gasteiger partial charge in [-0.1, -0.05) is 11.6 Å². The van der Waals surface area contributed by atoms with Crippen LogP contribution in [0.25, 0.3) is 10.9 Å². The summed E-state index contributed by atoms with van der Waals surface area (Å²) in [5, 5.41) is 1.14. The maximum Gasteiger partial charge on any atom is 0.231 e. The predicted octanol–water partition coefficient (Wildman–Crippen LogP) is 3.91. The molecule has 0 radical (unpaired) electrons. The van der Waals surface area contributed by atoms with Crippen LogP contribution in [0.4, 0.5) is 0 Å². The molecule has 5 rings (SSSR count). The Balaban J connectivity index is 1.34. The third-order valence-corrected chi connectivity index (χ3v) is 5.69. The molecule has 1 saturated heterocycles. The van der Waals surface area contributed by atoms with E-state index in [4.69, 9.17) is 40.0 Å². The number of fused-ring (bicyclic) bond motifs is 2. The molecular weight excluding hydrogens is 450 g/mol. The van der Waals surface area contributed by atoms with E-state index < -0.39 is 0 Å². The van der Waals surface area contributed by atoms with Gasteiger partial charge in [-0.25, -0.2) is 9.97 Å². The highest BCUT2D eigenvalue weighted by atomic mass is 35.5. The van der Waals surface area contributed by atoms with Crippen LogP contribution in [0.3, 0.4) is 0 Å². The van der Waals surface area contributed by atoms with E-state index in [2.05, 4.69) is 14.9 Å². The number of hydrogen-bond donors (Lipinski definition) is 0. The zero-order valence-electron chi connectivity index (χ0n) is 18.2. The van der Waals surface area contributed by atoms with E-state index in [9.17, 15) is 0 Å². The molecule has 10 heteroatoms. The third kappa shape index (κ3) is 4.85. The molecule has 174 valence electrons. The molecule has 1 fully saturated rings. The molecule has 0 saturated carbocycles. The quantitative estimate of drug-likeness (QED) is 0.452. The van der Waals surface area contributed by atoms with Crippen molar-refractivity contribution in [2.45, 2.75) is 6.42 Å². The van der Waals surface area contributed by atoms with Crippen molar-refractivity contribution in [3.63, 3.8) is 0 Å². The number of aromatic nitrogens is 2. The van der Waals surface area contributed by atoms with Gasteiger partial charge in [0.25, 0.3) is 0 Å². The van der Waals surface area contributed by atoms with Crippen molar-refractivity contribution in [2.24, 2.45) is 0 Å². The third-order valence-electron chi connectivity index (χ3n) is 5.47. The molecule has 9 nitrogen and oxygen atoms in total. The van der Waals surface area contributed by atoms with Crippen LogP contribution < -0.4 is 23.7 Å². The highest BCUT2D eigenvalue weighted by molar-refractivity contribution is 6.31. The van der Waals surface area contributed by atoms with E-state index in [-0.39, 0.29) is 6.79 Å². The molecule has 3 heterocycles. The normalized spacial score (nSPS) is 15.6. The standard InChI is InChI=1S/C23H24ClN3O6/c1-28-18-11-16-17(12-19(18)30-6-2-3-27-4-7-29-8-5-27)25-13-26-23(16)33-21-10-15(24)9-20-22(21)32-14-31-20/h9-13H,2-8,14H2,1H3. The van der Waals surface area contributed by atoms with Gasteiger partial charge >= 0.3 is 0 Å². The van der Waals surface area contributed by atoms with Crippen molar-refractivity contribution in [2.75, 3.05) is 53.4 Å². The Hall–Kier alpha value is -3.01. The number of ether oxygens (including phenoxy) is 6. The van der Waals surface area contributed by atoms with E-state index in [0.717, 1.165) is 39.3 Å². The van der Waals surface area contributed by atoms with Gasteiger partial charge in [0.2, 0.25) is 18.4 Å². The summed E-state index contributed by atoms with van der Waals surface area (Å²) in [5.41, 5.74) is 0.667. The molecule has 2 aliphatic rings. The molecule has 33 heavy (non-hydrogen) atoms. The molecule has 0 spiro atoms. The maximum absolute atomic E-state index is 6.20. The Morgan fingerprint density at radius 2 is 1.91 bits per heavy atom. The molecular formula is C23H24ClN3O6. The fourth-order valence-corrected chi connectivity index (χ4v) is 4.01. The zero-order valence-corrected chi connectivity index (χ0v) is 19.0. The second kappa shape index (κ2) is 9.86. The van der Waals surface area contributed by atoms with Crippen molar-refractivity contribution >= 4 is 22.5 Å². The molecule has 0 amide bonds. The lowest BCUT2D eigenvalue weighted by Crippen LogP contribution is -2.37. The van der Waals surface area contributed by atoms with E-state index in [0.29, 0.717) is 57.2 Å². The van der Waals surface area contributed by atoms with Crippen molar-refractivity contribution in [3.05, 3.63) is 35.6 Å². The van der Waals surface area contributed by atoms with Gasteiger partial charge in [-0.3, -0.25) is 4.90 Å². The second-order valence-corrected chi connectivity index (χ2v) is 8.03. The summed E-state index contributed by atoms with van der Waals surface area (Å²) in [6, 6.07) is 6.98. The Labute approximate surface area is 196 Å². The average Bonchev–Trinajstić information content (AvgIpc) is 3.31. The Bertz CT molecular complexity index is 1140. The molecule has 2 aromatic carbocycles. The first-order valence-corrected chi connectivity index (χ1v) is 11.1. The lowest BCUT2D eigenvalue weighted by molar-refractivity contribution is 0.0357. The monoisotopic (exact) mass is 473 g/mol. The van der Waals surface area contributed by atoms with Gasteiger partial charge in [-0.05, 0) is 12.5 Å². The lowest BCUT2D eigenvalue weighted by Gasteiger charge is -2.26. The minimum atomic E-state index is 0.108. The maximum atomic E-state index is 6.20. The van der Waals surface area contributed by atoms with Gasteiger partial charge < -0.3 is 28.4 Å². The van der Waals surface area contributed by atoms with Gasteiger partial charge in [-0.15, -0.1) is 0 Å². The SMILES string of the molecule is COc1cc2c(Oc3cc(Cl)cc4c3OCO4)ncnc2cc1OCCCN1CCOCC1. The molecule has 0 bridgehead atoms. The van der Waals surface area contributed by atoms with Crippen LogP contribution in [0, 0.1) is 0 Å². The minimum Gasteiger partial charge on any atom is -0.493 e. The molecule has 0 N–H and O–H groups in total. The van der Waals surface area contributed by atoms with Crippen molar-refractivity contribution < 1.29 is 28.4 Å². The molecule has 0 aliphatic carbocycles. The van der Waals surface area contributed by atoms with Gasteiger partial charge in [0, 0.05) is 42.9 Å². The fourth-order valence-electron chi connectivity index (χ4n) is 3.82. The topological polar surface area (TPSA) is 84.4 Å². The molecule has 0 unspecified atom stereocenters. The number of rotatable bonds is 8. The van der Waals surface area contributed by atoms with E-state index in [1.165, 1.54) is 6.33 Å². The lowest BCUT2D eigenvalue weighted by atomic mass is 10.2. The molecule has 2 aliphatic heterocycles. The van der Waals surface area contributed by atoms with Crippen molar-refractivity contribution in [1.29, 1.82) is 0 Å². The van der Waals surface area contributed by atoms with Crippen LogP contribution in [0.1, 0.15) is 6.42 Å². The van der Waals surface area contributed by atoms with Gasteiger partial charge in [0.15, 0.2) is 23.0 Å². The summed E-state index contributed by atoms with van der Waals surface area (Å²) < 4.78 is 34.0. The number of benzene rings is 2. The summed E-state index contributed by atoms with van der Waals surface area (Å²) in [5.74, 6) is 2.97. The van der Waals surface area contributed by atoms with Crippen LogP contribution in [-0.4, -0.2) is 68.2 Å². The summed E-state index contributed by atoms with van der Waals surface area (Å²) >= 11 is 6.20. The number of halogens is 1. The number of hydrogen-bond acceptors (Lipinski definition) is 9. The Morgan fingerprint density at radius 3 is 2.76 bits per heavy atom. The smallest absolute Gasteiger partial charge is 0.231 e. The van der Waals surface area contributed by atoms with Crippen molar-refractivity contribution in [3.8, 4) is 34.6 Å². The van der Waals surface area contributed by atoms with Crippen LogP contribution in [0.15, 0.2) is 30.6 Å². The Kier molecular flexibility index (Phi) is 6.52. The van der Waals surface area contributed by atoms with Crippen LogP contribution in [0.5, 0.6) is 34.6 Å². The largest absolute Gasteiger partial charge is 0.493 e. The second-order valence-electron chi connectivity index (χ2n) is 7.59. The number of morpholine rings is 1. The highest BCUT2D eigenvalue weighted by Crippen LogP contribution is 2.45. The van der Waals surface area contributed by atoms with Gasteiger partial charge in [-0.2, -0.15) is 0 Å². The summed E-state index contributed by atoms with van der Waals surface area (Å²) in [7, 11) is 1.60. The highest BCUT2D eigenvalue weighted by Gasteiger charge is 2.22. The first-order chi connectivity index (χ1) is 16.2. The fraction of sp³-hybridized carbons (Fsp3) is 0.391. The molecule has 1 aromatic heterocycles. The van der Waals surface area contributed by atoms with Crippen LogP contribution >= 0.6 is 11.6 Å². The molecule has 0 atom stereocenters. The average molecular weight is 474 g/mol. The molecule has 3 aromatic rings. The first-order valence-electron chi connectivity index (χ1n) is 10.7.